The second-order valence-corrected chi connectivity index (χ2v) is 8.32. The molecule has 1 amide bonds. The molecule has 0 radical (unpaired) electrons. The average molecular weight is 347 g/mol. The van der Waals surface area contributed by atoms with Gasteiger partial charge in [-0.2, -0.15) is 0 Å². The molecule has 136 valence electrons. The normalized spacial score (nSPS) is 34.0. The number of aliphatic hydroxyl groups is 1. The van der Waals surface area contributed by atoms with Gasteiger partial charge in [-0.3, -0.25) is 4.79 Å². The highest BCUT2D eigenvalue weighted by Crippen LogP contribution is 2.61. The molecule has 0 aliphatic heterocycles. The second kappa shape index (κ2) is 6.27. The van der Waals surface area contributed by atoms with Gasteiger partial charge in [0.05, 0.1) is 13.2 Å². The van der Waals surface area contributed by atoms with Gasteiger partial charge in [-0.1, -0.05) is 6.07 Å². The molecule has 4 nitrogen and oxygen atoms in total. The van der Waals surface area contributed by atoms with Gasteiger partial charge >= 0.3 is 0 Å². The largest absolute Gasteiger partial charge is 0.496 e. The first-order valence-electron chi connectivity index (χ1n) is 9.29. The summed E-state index contributed by atoms with van der Waals surface area (Å²) < 4.78 is 19.1. The maximum atomic E-state index is 14.0. The van der Waals surface area contributed by atoms with Crippen molar-refractivity contribution < 1.29 is 19.0 Å². The van der Waals surface area contributed by atoms with Gasteiger partial charge in [0.15, 0.2) is 0 Å². The van der Waals surface area contributed by atoms with Crippen molar-refractivity contribution in [2.24, 2.45) is 23.2 Å². The minimum atomic E-state index is -0.610. The number of amides is 1. The van der Waals surface area contributed by atoms with E-state index in [1.807, 2.05) is 0 Å². The molecule has 0 aromatic heterocycles. The number of rotatable bonds is 5. The lowest BCUT2D eigenvalue weighted by molar-refractivity contribution is -0.118. The number of aliphatic hydroxyl groups excluding tert-OH is 1. The first-order valence-corrected chi connectivity index (χ1v) is 9.29. The van der Waals surface area contributed by atoms with E-state index >= 15 is 0 Å². The molecule has 1 aromatic carbocycles. The quantitative estimate of drug-likeness (QED) is 0.860. The van der Waals surface area contributed by atoms with Gasteiger partial charge < -0.3 is 15.2 Å². The van der Waals surface area contributed by atoms with Crippen molar-refractivity contribution in [3.8, 4) is 5.75 Å². The fraction of sp³-hybridized carbons (Fsp3) is 0.650. The number of benzene rings is 1. The summed E-state index contributed by atoms with van der Waals surface area (Å²) in [7, 11) is 1.41. The highest BCUT2D eigenvalue weighted by Gasteiger charge is 2.53. The van der Waals surface area contributed by atoms with Crippen LogP contribution < -0.4 is 10.1 Å². The number of methoxy groups -OCH3 is 1. The van der Waals surface area contributed by atoms with Crippen molar-refractivity contribution in [3.63, 3.8) is 0 Å². The Morgan fingerprint density at radius 2 is 1.88 bits per heavy atom. The SMILES string of the molecule is COc1cccc(F)c1C(=O)NC[C@H](O)C12CC3CC(CC(C3)C1)C2. The smallest absolute Gasteiger partial charge is 0.258 e. The van der Waals surface area contributed by atoms with Crippen molar-refractivity contribution in [1.29, 1.82) is 0 Å². The Morgan fingerprint density at radius 1 is 1.28 bits per heavy atom. The monoisotopic (exact) mass is 347 g/mol. The van der Waals surface area contributed by atoms with E-state index < -0.39 is 17.8 Å². The highest BCUT2D eigenvalue weighted by molar-refractivity contribution is 5.97. The number of ether oxygens (including phenoxy) is 1. The van der Waals surface area contributed by atoms with Gasteiger partial charge in [0.2, 0.25) is 0 Å². The fourth-order valence-corrected chi connectivity index (χ4v) is 5.97. The van der Waals surface area contributed by atoms with Gasteiger partial charge in [0.25, 0.3) is 5.91 Å². The van der Waals surface area contributed by atoms with Crippen molar-refractivity contribution in [2.45, 2.75) is 44.6 Å². The lowest BCUT2D eigenvalue weighted by atomic mass is 9.48. The molecule has 4 fully saturated rings. The summed E-state index contributed by atoms with van der Waals surface area (Å²) in [5.41, 5.74) is -0.149. The molecule has 0 saturated heterocycles. The molecule has 0 unspecified atom stereocenters. The van der Waals surface area contributed by atoms with Crippen LogP contribution in [0.5, 0.6) is 5.75 Å². The van der Waals surface area contributed by atoms with Crippen molar-refractivity contribution in [2.75, 3.05) is 13.7 Å². The van der Waals surface area contributed by atoms with Crippen molar-refractivity contribution in [1.82, 2.24) is 5.32 Å². The van der Waals surface area contributed by atoms with Crippen LogP contribution in [0.3, 0.4) is 0 Å². The predicted octanol–water partition coefficient (Wildman–Crippen LogP) is 3.14. The Kier molecular flexibility index (Phi) is 4.22. The maximum absolute atomic E-state index is 14.0. The van der Waals surface area contributed by atoms with Gasteiger partial charge in [0.1, 0.15) is 17.1 Å². The van der Waals surface area contributed by atoms with E-state index in [0.717, 1.165) is 37.0 Å². The zero-order chi connectivity index (χ0) is 17.6. The van der Waals surface area contributed by atoms with Crippen molar-refractivity contribution in [3.05, 3.63) is 29.6 Å². The molecule has 5 heteroatoms. The maximum Gasteiger partial charge on any atom is 0.258 e. The minimum Gasteiger partial charge on any atom is -0.496 e. The van der Waals surface area contributed by atoms with Crippen molar-refractivity contribution >= 4 is 5.91 Å². The van der Waals surface area contributed by atoms with E-state index in [4.69, 9.17) is 4.74 Å². The predicted molar refractivity (Wildman–Crippen MR) is 91.9 cm³/mol. The Morgan fingerprint density at radius 3 is 2.44 bits per heavy atom. The Balaban J connectivity index is 1.44. The highest BCUT2D eigenvalue weighted by atomic mass is 19.1. The van der Waals surface area contributed by atoms with Gasteiger partial charge in [-0.25, -0.2) is 4.39 Å². The minimum absolute atomic E-state index is 0.0542. The summed E-state index contributed by atoms with van der Waals surface area (Å²) in [6, 6.07) is 4.32. The van der Waals surface area contributed by atoms with Crippen LogP contribution in [-0.2, 0) is 0 Å². The first kappa shape index (κ1) is 16.8. The molecule has 4 aliphatic rings. The first-order chi connectivity index (χ1) is 12.0. The lowest BCUT2D eigenvalue weighted by Gasteiger charge is -2.58. The summed E-state index contributed by atoms with van der Waals surface area (Å²) in [6.45, 7) is 0.169. The Hall–Kier alpha value is -1.62. The van der Waals surface area contributed by atoms with Crippen LogP contribution >= 0.6 is 0 Å². The Bertz CT molecular complexity index is 640. The summed E-state index contributed by atoms with van der Waals surface area (Å²) >= 11 is 0. The number of halogens is 1. The van der Waals surface area contributed by atoms with Crippen LogP contribution in [0.1, 0.15) is 48.9 Å². The van der Waals surface area contributed by atoms with E-state index in [0.29, 0.717) is 0 Å². The number of hydrogen-bond donors (Lipinski definition) is 2. The fourth-order valence-electron chi connectivity index (χ4n) is 5.97. The van der Waals surface area contributed by atoms with E-state index in [-0.39, 0.29) is 23.3 Å². The number of carbonyl (C=O) groups excluding carboxylic acids is 1. The third-order valence-electron chi connectivity index (χ3n) is 6.67. The molecular formula is C20H26FNO3. The summed E-state index contributed by atoms with van der Waals surface area (Å²) in [5, 5.41) is 13.6. The molecule has 1 atom stereocenters. The Labute approximate surface area is 147 Å². The molecule has 1 aromatic rings. The number of hydrogen-bond acceptors (Lipinski definition) is 3. The van der Waals surface area contributed by atoms with Gasteiger partial charge in [-0.15, -0.1) is 0 Å². The molecule has 0 spiro atoms. The van der Waals surface area contributed by atoms with E-state index in [2.05, 4.69) is 5.32 Å². The third kappa shape index (κ3) is 2.92. The standard InChI is InChI=1S/C20H26FNO3/c1-25-16-4-2-3-15(21)18(16)19(24)22-11-17(23)20-8-12-5-13(9-20)7-14(6-12)10-20/h2-4,12-14,17,23H,5-11H2,1H3,(H,22,24)/t12?,13?,14?,17-,20?/m0/s1. The van der Waals surface area contributed by atoms with Crippen LogP contribution in [0.4, 0.5) is 4.39 Å². The van der Waals surface area contributed by atoms with E-state index in [9.17, 15) is 14.3 Å². The van der Waals surface area contributed by atoms with Crippen LogP contribution in [0.25, 0.3) is 0 Å². The van der Waals surface area contributed by atoms with E-state index in [1.54, 1.807) is 6.07 Å². The van der Waals surface area contributed by atoms with Crippen LogP contribution in [0.2, 0.25) is 0 Å². The summed E-state index contributed by atoms with van der Waals surface area (Å²) in [5.74, 6) is 1.29. The van der Waals surface area contributed by atoms with Gasteiger partial charge in [0, 0.05) is 6.54 Å². The number of nitrogens with one attached hydrogen (secondary N) is 1. The molecular weight excluding hydrogens is 321 g/mol. The third-order valence-corrected chi connectivity index (χ3v) is 6.67. The average Bonchev–Trinajstić information content (AvgIpc) is 2.57. The second-order valence-electron chi connectivity index (χ2n) is 8.32. The molecule has 2 N–H and O–H groups in total. The summed E-state index contributed by atoms with van der Waals surface area (Å²) in [6.07, 6.45) is 6.57. The molecule has 4 bridgehead atoms. The lowest BCUT2D eigenvalue weighted by Crippen LogP contribution is -2.54. The molecule has 5 rings (SSSR count). The summed E-state index contributed by atoms with van der Waals surface area (Å²) in [4.78, 5) is 12.4. The van der Waals surface area contributed by atoms with E-state index in [1.165, 1.54) is 38.5 Å². The molecule has 4 aliphatic carbocycles. The van der Waals surface area contributed by atoms with Crippen LogP contribution in [-0.4, -0.2) is 30.8 Å². The van der Waals surface area contributed by atoms with Crippen LogP contribution in [0.15, 0.2) is 18.2 Å². The molecule has 0 heterocycles. The van der Waals surface area contributed by atoms with Crippen LogP contribution in [0, 0.1) is 29.0 Å². The zero-order valence-electron chi connectivity index (χ0n) is 14.6. The van der Waals surface area contributed by atoms with Gasteiger partial charge in [-0.05, 0) is 73.8 Å². The zero-order valence-corrected chi connectivity index (χ0v) is 14.6. The molecule has 4 saturated carbocycles. The molecule has 25 heavy (non-hydrogen) atoms. The number of carbonyl (C=O) groups is 1. The topological polar surface area (TPSA) is 58.6 Å².